The van der Waals surface area contributed by atoms with Crippen molar-refractivity contribution in [2.24, 2.45) is 0 Å². The molecular weight excluding hydrogens is 309 g/mol. The first-order chi connectivity index (χ1) is 11.6. The molecular formula is C18H16FN3O2. The molecule has 2 heterocycles. The van der Waals surface area contributed by atoms with Gasteiger partial charge >= 0.3 is 0 Å². The number of fused-ring (bicyclic) bond motifs is 1. The number of imidazole rings is 1. The van der Waals surface area contributed by atoms with E-state index in [0.717, 1.165) is 5.52 Å². The number of amides is 1. The number of nitrogens with zero attached hydrogens (tertiary/aromatic N) is 2. The van der Waals surface area contributed by atoms with Crippen LogP contribution in [0.25, 0.3) is 11.0 Å². The van der Waals surface area contributed by atoms with Crippen LogP contribution in [-0.2, 0) is 0 Å². The minimum Gasteiger partial charge on any atom is -0.391 e. The Morgan fingerprint density at radius 3 is 2.96 bits per heavy atom. The second-order valence-corrected chi connectivity index (χ2v) is 6.02. The Labute approximate surface area is 137 Å². The number of benzene rings is 2. The van der Waals surface area contributed by atoms with Crippen LogP contribution in [0.15, 0.2) is 48.8 Å². The Hall–Kier alpha value is -2.73. The van der Waals surface area contributed by atoms with E-state index in [2.05, 4.69) is 9.97 Å². The first-order valence-corrected chi connectivity index (χ1v) is 7.80. The number of aromatic amines is 1. The number of carbonyl (C=O) groups excluding carboxylic acids is 1. The van der Waals surface area contributed by atoms with Gasteiger partial charge in [-0.15, -0.1) is 0 Å². The normalized spacial score (nSPS) is 20.7. The molecule has 2 aromatic carbocycles. The second kappa shape index (κ2) is 5.72. The predicted octanol–water partition coefficient (Wildman–Crippen LogP) is 2.65. The van der Waals surface area contributed by atoms with Crippen molar-refractivity contribution < 1.29 is 14.3 Å². The molecule has 0 spiro atoms. The van der Waals surface area contributed by atoms with E-state index < -0.39 is 6.10 Å². The van der Waals surface area contributed by atoms with Crippen molar-refractivity contribution in [2.45, 2.75) is 18.6 Å². The molecule has 2 atom stereocenters. The molecule has 0 radical (unpaired) electrons. The summed E-state index contributed by atoms with van der Waals surface area (Å²) in [6, 6.07) is 11.2. The lowest BCUT2D eigenvalue weighted by molar-refractivity contribution is 0.0717. The van der Waals surface area contributed by atoms with Crippen molar-refractivity contribution >= 4 is 16.9 Å². The van der Waals surface area contributed by atoms with E-state index in [1.165, 1.54) is 12.1 Å². The van der Waals surface area contributed by atoms with E-state index >= 15 is 0 Å². The lowest BCUT2D eigenvalue weighted by Crippen LogP contribution is -2.32. The Balaban J connectivity index is 1.73. The Kier molecular flexibility index (Phi) is 3.54. The number of hydrogen-bond donors (Lipinski definition) is 2. The highest BCUT2D eigenvalue weighted by atomic mass is 19.1. The van der Waals surface area contributed by atoms with Crippen molar-refractivity contribution in [2.75, 3.05) is 6.54 Å². The van der Waals surface area contributed by atoms with E-state index in [4.69, 9.17) is 0 Å². The Morgan fingerprint density at radius 2 is 2.12 bits per heavy atom. The molecule has 0 aliphatic carbocycles. The van der Waals surface area contributed by atoms with Crippen LogP contribution in [0.2, 0.25) is 0 Å². The molecule has 1 amide bonds. The third kappa shape index (κ3) is 2.45. The SMILES string of the molecule is O=C(c1cccc2[nH]cnc12)N1C[C@H](O)C[C@H]1c1cccc(F)c1. The molecule has 0 saturated carbocycles. The highest BCUT2D eigenvalue weighted by molar-refractivity contribution is 6.05. The summed E-state index contributed by atoms with van der Waals surface area (Å²) < 4.78 is 13.6. The fourth-order valence-corrected chi connectivity index (χ4v) is 3.36. The van der Waals surface area contributed by atoms with E-state index in [0.29, 0.717) is 23.1 Å². The minimum absolute atomic E-state index is 0.210. The van der Waals surface area contributed by atoms with Gasteiger partial charge in [0.05, 0.1) is 29.6 Å². The maximum absolute atomic E-state index is 13.6. The average molecular weight is 325 g/mol. The minimum atomic E-state index is -0.624. The maximum atomic E-state index is 13.6. The fourth-order valence-electron chi connectivity index (χ4n) is 3.36. The zero-order valence-electron chi connectivity index (χ0n) is 12.8. The molecule has 6 heteroatoms. The average Bonchev–Trinajstić information content (AvgIpc) is 3.20. The van der Waals surface area contributed by atoms with Gasteiger partial charge in [0, 0.05) is 6.54 Å². The zero-order valence-corrected chi connectivity index (χ0v) is 12.8. The Bertz CT molecular complexity index is 908. The van der Waals surface area contributed by atoms with Crippen molar-refractivity contribution in [1.29, 1.82) is 0 Å². The molecule has 0 bridgehead atoms. The summed E-state index contributed by atoms with van der Waals surface area (Å²) in [5.41, 5.74) is 2.54. The van der Waals surface area contributed by atoms with Crippen molar-refractivity contribution in [3.63, 3.8) is 0 Å². The van der Waals surface area contributed by atoms with Gasteiger partial charge in [0.15, 0.2) is 0 Å². The Morgan fingerprint density at radius 1 is 1.29 bits per heavy atom. The predicted molar refractivity (Wildman–Crippen MR) is 86.9 cm³/mol. The van der Waals surface area contributed by atoms with Crippen LogP contribution in [0.3, 0.4) is 0 Å². The smallest absolute Gasteiger partial charge is 0.256 e. The number of H-pyrrole nitrogens is 1. The van der Waals surface area contributed by atoms with Gasteiger partial charge in [-0.3, -0.25) is 4.79 Å². The second-order valence-electron chi connectivity index (χ2n) is 6.02. The summed E-state index contributed by atoms with van der Waals surface area (Å²) >= 11 is 0. The van der Waals surface area contributed by atoms with E-state index in [1.54, 1.807) is 35.5 Å². The van der Waals surface area contributed by atoms with Gasteiger partial charge in [0.25, 0.3) is 5.91 Å². The summed E-state index contributed by atoms with van der Waals surface area (Å²) in [6.07, 6.45) is 1.32. The number of aromatic nitrogens is 2. The number of aliphatic hydroxyl groups excluding tert-OH is 1. The number of rotatable bonds is 2. The molecule has 2 N–H and O–H groups in total. The number of carbonyl (C=O) groups is 1. The molecule has 1 aliphatic rings. The van der Waals surface area contributed by atoms with Crippen LogP contribution in [0.1, 0.15) is 28.4 Å². The third-order valence-electron chi connectivity index (χ3n) is 4.45. The van der Waals surface area contributed by atoms with Crippen LogP contribution >= 0.6 is 0 Å². The van der Waals surface area contributed by atoms with Crippen LogP contribution in [0, 0.1) is 5.82 Å². The lowest BCUT2D eigenvalue weighted by atomic mass is 10.0. The van der Waals surface area contributed by atoms with Gasteiger partial charge in [-0.2, -0.15) is 0 Å². The van der Waals surface area contributed by atoms with Crippen LogP contribution in [0.4, 0.5) is 4.39 Å². The number of aliphatic hydroxyl groups is 1. The first-order valence-electron chi connectivity index (χ1n) is 7.80. The van der Waals surface area contributed by atoms with Crippen molar-refractivity contribution in [1.82, 2.24) is 14.9 Å². The van der Waals surface area contributed by atoms with Crippen LogP contribution in [-0.4, -0.2) is 38.5 Å². The highest BCUT2D eigenvalue weighted by Crippen LogP contribution is 2.34. The molecule has 1 fully saturated rings. The molecule has 4 rings (SSSR count). The van der Waals surface area contributed by atoms with Crippen LogP contribution in [0.5, 0.6) is 0 Å². The number of β-amino-alcohol motifs (C(OH)–C–C–N with tert-alkyl or cyclic N) is 1. The molecule has 0 unspecified atom stereocenters. The van der Waals surface area contributed by atoms with Gasteiger partial charge in [-0.25, -0.2) is 9.37 Å². The van der Waals surface area contributed by atoms with Gasteiger partial charge in [0.1, 0.15) is 11.3 Å². The van der Waals surface area contributed by atoms with E-state index in [9.17, 15) is 14.3 Å². The molecule has 5 nitrogen and oxygen atoms in total. The largest absolute Gasteiger partial charge is 0.391 e. The number of nitrogens with one attached hydrogen (secondary N) is 1. The summed E-state index contributed by atoms with van der Waals surface area (Å²) in [5.74, 6) is -0.561. The summed E-state index contributed by atoms with van der Waals surface area (Å²) in [6.45, 7) is 0.223. The third-order valence-corrected chi connectivity index (χ3v) is 4.45. The molecule has 1 aromatic heterocycles. The van der Waals surface area contributed by atoms with E-state index in [1.807, 2.05) is 6.07 Å². The number of para-hydroxylation sites is 1. The molecule has 1 saturated heterocycles. The van der Waals surface area contributed by atoms with Crippen molar-refractivity contribution in [3.8, 4) is 0 Å². The first kappa shape index (κ1) is 14.8. The van der Waals surface area contributed by atoms with Gasteiger partial charge < -0.3 is 15.0 Å². The topological polar surface area (TPSA) is 69.2 Å². The van der Waals surface area contributed by atoms with E-state index in [-0.39, 0.29) is 24.3 Å². The van der Waals surface area contributed by atoms with Gasteiger partial charge in [0.2, 0.25) is 0 Å². The maximum Gasteiger partial charge on any atom is 0.256 e. The number of hydrogen-bond acceptors (Lipinski definition) is 3. The number of likely N-dealkylation sites (tertiary alicyclic amines) is 1. The number of halogens is 1. The van der Waals surface area contributed by atoms with Crippen LogP contribution < -0.4 is 0 Å². The standard InChI is InChI=1S/C18H16FN3O2/c19-12-4-1-3-11(7-12)16-8-13(23)9-22(16)18(24)14-5-2-6-15-17(14)21-10-20-15/h1-7,10,13,16,23H,8-9H2,(H,20,21)/t13-,16+/m1/s1. The molecule has 1 aliphatic heterocycles. The summed E-state index contributed by atoms with van der Waals surface area (Å²) in [7, 11) is 0. The summed E-state index contributed by atoms with van der Waals surface area (Å²) in [4.78, 5) is 21.8. The summed E-state index contributed by atoms with van der Waals surface area (Å²) in [5, 5.41) is 10.1. The monoisotopic (exact) mass is 325 g/mol. The lowest BCUT2D eigenvalue weighted by Gasteiger charge is -2.25. The van der Waals surface area contributed by atoms with Gasteiger partial charge in [-0.1, -0.05) is 18.2 Å². The highest BCUT2D eigenvalue weighted by Gasteiger charge is 2.36. The zero-order chi connectivity index (χ0) is 16.7. The fraction of sp³-hybridized carbons (Fsp3) is 0.222. The molecule has 24 heavy (non-hydrogen) atoms. The molecule has 122 valence electrons. The molecule has 3 aromatic rings. The van der Waals surface area contributed by atoms with Gasteiger partial charge in [-0.05, 0) is 36.2 Å². The van der Waals surface area contributed by atoms with Crippen molar-refractivity contribution in [3.05, 3.63) is 65.7 Å². The quantitative estimate of drug-likeness (QED) is 0.761.